The van der Waals surface area contributed by atoms with E-state index >= 15 is 0 Å². The molecule has 0 atom stereocenters. The van der Waals surface area contributed by atoms with Crippen molar-refractivity contribution < 1.29 is 17.1 Å². The molecule has 0 heterocycles. The van der Waals surface area contributed by atoms with Crippen molar-refractivity contribution in [2.75, 3.05) is 26.7 Å². The first-order valence-electron chi connectivity index (χ1n) is 10.2. The molecule has 0 amide bonds. The predicted octanol–water partition coefficient (Wildman–Crippen LogP) is 3.89. The second-order valence-corrected chi connectivity index (χ2v) is 7.31. The number of hydrogen-bond donors (Lipinski definition) is 0. The van der Waals surface area contributed by atoms with Crippen molar-refractivity contribution in [3.05, 3.63) is 71.8 Å². The van der Waals surface area contributed by atoms with Crippen LogP contribution in [0, 0.1) is 0 Å². The molecule has 2 aromatic carbocycles. The van der Waals surface area contributed by atoms with Gasteiger partial charge in [-0.3, -0.25) is 0 Å². The van der Waals surface area contributed by atoms with Crippen LogP contribution in [-0.4, -0.2) is 58.2 Å². The van der Waals surface area contributed by atoms with E-state index in [1.54, 1.807) is 0 Å². The Morgan fingerprint density at radius 2 is 1.06 bits per heavy atom. The molecule has 0 saturated heterocycles. The molecule has 2 aromatic rings. The Kier molecular flexibility index (Phi) is 12.7. The number of amidine groups is 2. The summed E-state index contributed by atoms with van der Waals surface area (Å²) in [5, 5.41) is 18.5. The molecule has 0 spiro atoms. The first kappa shape index (κ1) is 27.7. The van der Waals surface area contributed by atoms with Gasteiger partial charge in [0.1, 0.15) is 11.4 Å². The van der Waals surface area contributed by atoms with E-state index in [9.17, 15) is 0 Å². The molecular weight excluding hydrogens is 488 g/mol. The average molecular weight is 516 g/mol. The largest absolute Gasteiger partial charge is 2.00 e. The molecule has 0 aliphatic rings. The second kappa shape index (κ2) is 14.7. The fourth-order valence-electron chi connectivity index (χ4n) is 2.63. The molecule has 0 aliphatic heterocycles. The Labute approximate surface area is 212 Å². The Morgan fingerprint density at radius 3 is 1.44 bits per heavy atom. The van der Waals surface area contributed by atoms with Crippen LogP contribution in [0.3, 0.4) is 0 Å². The van der Waals surface area contributed by atoms with Crippen LogP contribution >= 0.6 is 0 Å². The maximum Gasteiger partial charge on any atom is 2.00 e. The molecule has 0 saturated carbocycles. The van der Waals surface area contributed by atoms with Crippen LogP contribution in [0.5, 0.6) is 0 Å². The summed E-state index contributed by atoms with van der Waals surface area (Å²) in [5.41, 5.74) is 2.87. The summed E-state index contributed by atoms with van der Waals surface area (Å²) < 4.78 is 0. The summed E-state index contributed by atoms with van der Waals surface area (Å²) in [7, 11) is 1.88. The molecule has 1 radical (unpaired) electrons. The van der Waals surface area contributed by atoms with Gasteiger partial charge in [-0.25, -0.2) is 0 Å². The molecule has 0 unspecified atom stereocenters. The smallest absolute Gasteiger partial charge is 0.741 e. The van der Waals surface area contributed by atoms with Gasteiger partial charge in [0.2, 0.25) is 0 Å². The first-order valence-corrected chi connectivity index (χ1v) is 11.1. The summed E-state index contributed by atoms with van der Waals surface area (Å²) in [5.74, 6) is 0. The second-order valence-electron chi connectivity index (χ2n) is 6.58. The molecule has 0 bridgehead atoms. The van der Waals surface area contributed by atoms with Crippen LogP contribution in [0.15, 0.2) is 81.1 Å². The van der Waals surface area contributed by atoms with E-state index in [0.29, 0.717) is 21.8 Å². The minimum atomic E-state index is 0. The standard InChI is InChI=1S/C23H30N6S2.Cu/c1-5-28(4)22(30)26-24-20(18-14-10-8-11-15-18)21(19-16-12-9-13-17-19)25-27-23(31)29(6-2)7-3;/h8-17H,5-7H2,1-4H3,(H,26,30)(H,27,31);/q;+2/p-2/b24-20+,25-21+;. The maximum absolute atomic E-state index is 5.46. The monoisotopic (exact) mass is 515 g/mol. The van der Waals surface area contributed by atoms with Gasteiger partial charge < -0.3 is 35.1 Å². The third-order valence-corrected chi connectivity index (χ3v) is 5.36. The number of nitrogens with zero attached hydrogens (tertiary/aromatic N) is 6. The van der Waals surface area contributed by atoms with E-state index in [4.69, 9.17) is 25.3 Å². The van der Waals surface area contributed by atoms with Gasteiger partial charge in [-0.05, 0) is 20.8 Å². The average Bonchev–Trinajstić information content (AvgIpc) is 2.82. The van der Waals surface area contributed by atoms with Crippen molar-refractivity contribution in [2.24, 2.45) is 20.4 Å². The van der Waals surface area contributed by atoms with Gasteiger partial charge >= 0.3 is 17.1 Å². The normalized spacial score (nSPS) is 12.9. The van der Waals surface area contributed by atoms with Crippen LogP contribution in [0.1, 0.15) is 31.9 Å². The van der Waals surface area contributed by atoms with E-state index in [-0.39, 0.29) is 17.1 Å². The molecule has 2 rings (SSSR count). The van der Waals surface area contributed by atoms with Crippen molar-refractivity contribution in [1.82, 2.24) is 9.80 Å². The van der Waals surface area contributed by atoms with Crippen LogP contribution in [0.4, 0.5) is 0 Å². The van der Waals surface area contributed by atoms with Gasteiger partial charge in [0.05, 0.1) is 0 Å². The molecular formula is C23H28CuN6S2. The van der Waals surface area contributed by atoms with Gasteiger partial charge in [0.15, 0.2) is 0 Å². The van der Waals surface area contributed by atoms with Gasteiger partial charge in [0, 0.05) is 48.1 Å². The third-order valence-electron chi connectivity index (χ3n) is 4.62. The van der Waals surface area contributed by atoms with Crippen molar-refractivity contribution in [2.45, 2.75) is 20.8 Å². The van der Waals surface area contributed by atoms with E-state index < -0.39 is 0 Å². The van der Waals surface area contributed by atoms with Crippen LogP contribution in [0.2, 0.25) is 0 Å². The van der Waals surface area contributed by atoms with Crippen LogP contribution < -0.4 is 0 Å². The maximum atomic E-state index is 5.46. The Bertz CT molecular complexity index is 941. The molecule has 0 fully saturated rings. The summed E-state index contributed by atoms with van der Waals surface area (Å²) >= 11 is 10.8. The van der Waals surface area contributed by atoms with Crippen LogP contribution in [-0.2, 0) is 42.3 Å². The summed E-state index contributed by atoms with van der Waals surface area (Å²) in [6.45, 7) is 8.35. The summed E-state index contributed by atoms with van der Waals surface area (Å²) in [6, 6.07) is 19.5. The van der Waals surface area contributed by atoms with E-state index in [2.05, 4.69) is 20.4 Å². The Morgan fingerprint density at radius 1 is 0.656 bits per heavy atom. The third kappa shape index (κ3) is 7.98. The van der Waals surface area contributed by atoms with E-state index in [1.807, 2.05) is 98.3 Å². The van der Waals surface area contributed by atoms with Gasteiger partial charge in [-0.1, -0.05) is 60.7 Å². The molecule has 9 heteroatoms. The van der Waals surface area contributed by atoms with Crippen molar-refractivity contribution >= 4 is 47.0 Å². The number of rotatable bonds is 8. The molecule has 32 heavy (non-hydrogen) atoms. The van der Waals surface area contributed by atoms with Gasteiger partial charge in [-0.15, -0.1) is 10.2 Å². The zero-order valence-corrected chi connectivity index (χ0v) is 21.3. The minimum absolute atomic E-state index is 0. The van der Waals surface area contributed by atoms with Crippen molar-refractivity contribution in [3.63, 3.8) is 0 Å². The summed E-state index contributed by atoms with van der Waals surface area (Å²) in [6.07, 6.45) is 0. The number of hydrogen-bond acceptors (Lipinski definition) is 6. The molecule has 173 valence electrons. The predicted molar refractivity (Wildman–Crippen MR) is 137 cm³/mol. The SMILES string of the molecule is CCN(C)/C([S-])=N/N=C(/C(=N/N=C(\[S-])N(CC)CC)c1ccccc1)c1ccccc1.[Cu+2]. The van der Waals surface area contributed by atoms with Gasteiger partial charge in [-0.2, -0.15) is 10.2 Å². The minimum Gasteiger partial charge on any atom is -0.741 e. The molecule has 0 N–H and O–H groups in total. The van der Waals surface area contributed by atoms with Crippen molar-refractivity contribution in [1.29, 1.82) is 0 Å². The molecule has 0 aromatic heterocycles. The van der Waals surface area contributed by atoms with E-state index in [1.165, 1.54) is 0 Å². The van der Waals surface area contributed by atoms with Crippen LogP contribution in [0.25, 0.3) is 0 Å². The number of benzene rings is 2. The fraction of sp³-hybridized carbons (Fsp3) is 0.304. The fourth-order valence-corrected chi connectivity index (χ4v) is 3.10. The first-order chi connectivity index (χ1) is 15.0. The summed E-state index contributed by atoms with van der Waals surface area (Å²) in [4.78, 5) is 3.82. The Balaban J connectivity index is 0.00000512. The quantitative estimate of drug-likeness (QED) is 0.176. The van der Waals surface area contributed by atoms with E-state index in [0.717, 1.165) is 30.8 Å². The van der Waals surface area contributed by atoms with Gasteiger partial charge in [0.25, 0.3) is 0 Å². The molecule has 0 aliphatic carbocycles. The Hall–Kier alpha value is -2.32. The zero-order valence-electron chi connectivity index (χ0n) is 18.7. The zero-order chi connectivity index (χ0) is 22.6. The molecule has 6 nitrogen and oxygen atoms in total. The van der Waals surface area contributed by atoms with Crippen molar-refractivity contribution in [3.8, 4) is 0 Å². The topological polar surface area (TPSA) is 55.9 Å².